The highest BCUT2D eigenvalue weighted by molar-refractivity contribution is 6.39. The van der Waals surface area contributed by atoms with E-state index < -0.39 is 5.97 Å². The van der Waals surface area contributed by atoms with E-state index in [0.29, 0.717) is 33.1 Å². The van der Waals surface area contributed by atoms with Crippen molar-refractivity contribution in [1.29, 1.82) is 0 Å². The molecule has 0 amide bonds. The van der Waals surface area contributed by atoms with Crippen molar-refractivity contribution in [2.24, 2.45) is 5.92 Å². The average molecular weight is 548 g/mol. The summed E-state index contributed by atoms with van der Waals surface area (Å²) in [7, 11) is 0. The minimum atomic E-state index is -1.01. The normalized spacial score (nSPS) is 16.6. The number of aromatic carboxylic acids is 1. The molecule has 0 radical (unpaired) electrons. The van der Waals surface area contributed by atoms with Gasteiger partial charge < -0.3 is 14.5 Å². The van der Waals surface area contributed by atoms with Crippen LogP contribution in [0.1, 0.15) is 59.0 Å². The lowest BCUT2D eigenvalue weighted by molar-refractivity contribution is 0.0691. The average Bonchev–Trinajstić information content (AvgIpc) is 3.67. The van der Waals surface area contributed by atoms with Crippen LogP contribution in [0.3, 0.4) is 0 Å². The highest BCUT2D eigenvalue weighted by atomic mass is 35.5. The first-order valence-electron chi connectivity index (χ1n) is 12.9. The van der Waals surface area contributed by atoms with E-state index in [1.54, 1.807) is 6.07 Å². The second-order valence-corrected chi connectivity index (χ2v) is 11.0. The molecule has 1 saturated carbocycles. The Morgan fingerprint density at radius 1 is 1.08 bits per heavy atom. The second kappa shape index (κ2) is 10.1. The number of hydrogen-bond donors (Lipinski definition) is 1. The van der Waals surface area contributed by atoms with E-state index in [0.717, 1.165) is 72.3 Å². The number of anilines is 1. The largest absolute Gasteiger partial charge is 0.477 e. The fraction of sp³-hybridized carbons (Fsp3) is 0.300. The van der Waals surface area contributed by atoms with E-state index >= 15 is 0 Å². The molecular formula is C30H27Cl2N3O3. The number of carboxylic acids is 1. The molecule has 194 valence electrons. The van der Waals surface area contributed by atoms with Crippen LogP contribution in [-0.4, -0.2) is 34.3 Å². The molecule has 0 spiro atoms. The molecule has 6 rings (SSSR count). The summed E-state index contributed by atoms with van der Waals surface area (Å²) in [5.74, 6) is 0.767. The number of rotatable bonds is 6. The Hall–Kier alpha value is -3.35. The predicted octanol–water partition coefficient (Wildman–Crippen LogP) is 8.01. The van der Waals surface area contributed by atoms with Crippen molar-refractivity contribution in [3.05, 3.63) is 81.2 Å². The maximum Gasteiger partial charge on any atom is 0.354 e. The standard InChI is InChI=1S/C30H27Cl2N3O3/c1-17-15-26(30(36)37)33-25-10-8-20(16-22(17)25)35-13-11-18(12-14-35)5-9-21-28(34-38-29(21)19-6-7-19)27-23(31)3-2-4-24(27)32/h2-5,8-10,15-16,18-19H,6-7,11-14H2,1H3,(H,36,37)/b9-5+. The van der Waals surface area contributed by atoms with Gasteiger partial charge in [-0.25, -0.2) is 9.78 Å². The van der Waals surface area contributed by atoms with Crippen molar-refractivity contribution in [1.82, 2.24) is 10.1 Å². The first kappa shape index (κ1) is 25.0. The van der Waals surface area contributed by atoms with Gasteiger partial charge in [0.15, 0.2) is 0 Å². The number of piperidine rings is 1. The van der Waals surface area contributed by atoms with Crippen molar-refractivity contribution < 1.29 is 14.4 Å². The van der Waals surface area contributed by atoms with E-state index in [1.165, 1.54) is 0 Å². The van der Waals surface area contributed by atoms with Crippen LogP contribution in [0.2, 0.25) is 10.0 Å². The van der Waals surface area contributed by atoms with Crippen molar-refractivity contribution in [3.63, 3.8) is 0 Å². The van der Waals surface area contributed by atoms with Crippen LogP contribution >= 0.6 is 23.2 Å². The van der Waals surface area contributed by atoms with Gasteiger partial charge in [0.25, 0.3) is 0 Å². The molecule has 1 saturated heterocycles. The fourth-order valence-electron chi connectivity index (χ4n) is 5.29. The molecule has 8 heteroatoms. The number of hydrogen-bond acceptors (Lipinski definition) is 5. The zero-order chi connectivity index (χ0) is 26.4. The molecular weight excluding hydrogens is 521 g/mol. The molecule has 2 aromatic carbocycles. The van der Waals surface area contributed by atoms with Crippen LogP contribution in [0.4, 0.5) is 5.69 Å². The minimum Gasteiger partial charge on any atom is -0.477 e. The third kappa shape index (κ3) is 4.79. The Morgan fingerprint density at radius 3 is 2.50 bits per heavy atom. The first-order valence-corrected chi connectivity index (χ1v) is 13.7. The molecule has 0 unspecified atom stereocenters. The van der Waals surface area contributed by atoms with Crippen molar-refractivity contribution >= 4 is 51.8 Å². The van der Waals surface area contributed by atoms with E-state index in [9.17, 15) is 9.90 Å². The Labute approximate surface area is 230 Å². The number of benzene rings is 2. The Balaban J connectivity index is 1.20. The molecule has 2 fully saturated rings. The smallest absolute Gasteiger partial charge is 0.354 e. The summed E-state index contributed by atoms with van der Waals surface area (Å²) in [6, 6.07) is 13.2. The zero-order valence-corrected chi connectivity index (χ0v) is 22.5. The molecule has 2 aromatic heterocycles. The SMILES string of the molecule is Cc1cc(C(=O)O)nc2ccc(N3CCC(/C=C/c4c(-c5c(Cl)cccc5Cl)noc4C4CC4)CC3)cc12. The summed E-state index contributed by atoms with van der Waals surface area (Å²) < 4.78 is 5.80. The Bertz CT molecular complexity index is 1550. The maximum absolute atomic E-state index is 11.3. The third-order valence-electron chi connectivity index (χ3n) is 7.56. The van der Waals surface area contributed by atoms with E-state index in [1.807, 2.05) is 37.3 Å². The molecule has 0 atom stereocenters. The van der Waals surface area contributed by atoms with Gasteiger partial charge >= 0.3 is 5.97 Å². The monoisotopic (exact) mass is 547 g/mol. The molecule has 4 aromatic rings. The van der Waals surface area contributed by atoms with Gasteiger partial charge in [-0.05, 0) is 80.5 Å². The van der Waals surface area contributed by atoms with Crippen molar-refractivity contribution in [2.75, 3.05) is 18.0 Å². The number of carbonyl (C=O) groups is 1. The van der Waals surface area contributed by atoms with Crippen LogP contribution in [0.15, 0.2) is 53.1 Å². The zero-order valence-electron chi connectivity index (χ0n) is 21.0. The Kier molecular flexibility index (Phi) is 6.62. The summed E-state index contributed by atoms with van der Waals surface area (Å²) in [6.45, 7) is 3.80. The van der Waals surface area contributed by atoms with Crippen LogP contribution in [-0.2, 0) is 0 Å². The number of fused-ring (bicyclic) bond motifs is 1. The molecule has 1 aliphatic heterocycles. The first-order chi connectivity index (χ1) is 18.4. The van der Waals surface area contributed by atoms with Crippen LogP contribution < -0.4 is 4.90 Å². The van der Waals surface area contributed by atoms with Gasteiger partial charge in [-0.15, -0.1) is 0 Å². The second-order valence-electron chi connectivity index (χ2n) is 10.2. The maximum atomic E-state index is 11.3. The number of allylic oxidation sites excluding steroid dienone is 1. The van der Waals surface area contributed by atoms with E-state index in [4.69, 9.17) is 27.7 Å². The van der Waals surface area contributed by atoms with Gasteiger partial charge in [-0.1, -0.05) is 46.6 Å². The van der Waals surface area contributed by atoms with E-state index in [2.05, 4.69) is 33.3 Å². The fourth-order valence-corrected chi connectivity index (χ4v) is 5.86. The number of nitrogens with zero attached hydrogens (tertiary/aromatic N) is 3. The molecule has 2 aliphatic rings. The lowest BCUT2D eigenvalue weighted by Gasteiger charge is -2.32. The van der Waals surface area contributed by atoms with E-state index in [-0.39, 0.29) is 5.69 Å². The highest BCUT2D eigenvalue weighted by Gasteiger charge is 2.32. The summed E-state index contributed by atoms with van der Waals surface area (Å²) in [5, 5.41) is 15.8. The van der Waals surface area contributed by atoms with Crippen LogP contribution in [0.25, 0.3) is 28.2 Å². The third-order valence-corrected chi connectivity index (χ3v) is 8.19. The number of aromatic nitrogens is 2. The number of halogens is 2. The van der Waals surface area contributed by atoms with Gasteiger partial charge in [0.1, 0.15) is 17.1 Å². The summed E-state index contributed by atoms with van der Waals surface area (Å²) in [4.78, 5) is 18.0. The molecule has 1 N–H and O–H groups in total. The number of carboxylic acid groups (broad SMARTS) is 1. The molecule has 6 nitrogen and oxygen atoms in total. The Morgan fingerprint density at radius 2 is 1.82 bits per heavy atom. The summed E-state index contributed by atoms with van der Waals surface area (Å²) >= 11 is 13.0. The lowest BCUT2D eigenvalue weighted by atomic mass is 9.94. The van der Waals surface area contributed by atoms with Gasteiger partial charge in [-0.3, -0.25) is 0 Å². The molecule has 3 heterocycles. The predicted molar refractivity (Wildman–Crippen MR) is 151 cm³/mol. The number of pyridine rings is 1. The molecule has 1 aliphatic carbocycles. The number of aryl methyl sites for hydroxylation is 1. The van der Waals surface area contributed by atoms with Gasteiger partial charge in [0.05, 0.1) is 15.6 Å². The van der Waals surface area contributed by atoms with Crippen molar-refractivity contribution in [3.8, 4) is 11.3 Å². The van der Waals surface area contributed by atoms with Gasteiger partial charge in [0, 0.05) is 41.2 Å². The van der Waals surface area contributed by atoms with Crippen LogP contribution in [0, 0.1) is 12.8 Å². The van der Waals surface area contributed by atoms with Gasteiger partial charge in [-0.2, -0.15) is 0 Å². The highest BCUT2D eigenvalue weighted by Crippen LogP contribution is 2.46. The van der Waals surface area contributed by atoms with Crippen molar-refractivity contribution in [2.45, 2.75) is 38.5 Å². The van der Waals surface area contributed by atoms with Crippen LogP contribution in [0.5, 0.6) is 0 Å². The molecule has 0 bridgehead atoms. The summed E-state index contributed by atoms with van der Waals surface area (Å²) in [6.07, 6.45) is 8.72. The lowest BCUT2D eigenvalue weighted by Crippen LogP contribution is -2.33. The molecule has 38 heavy (non-hydrogen) atoms. The summed E-state index contributed by atoms with van der Waals surface area (Å²) in [5.41, 5.74) is 5.26. The topological polar surface area (TPSA) is 79.5 Å². The quantitative estimate of drug-likeness (QED) is 0.263. The van der Waals surface area contributed by atoms with Gasteiger partial charge in [0.2, 0.25) is 0 Å². The minimum absolute atomic E-state index is 0.0768.